The van der Waals surface area contributed by atoms with E-state index in [4.69, 9.17) is 0 Å². The van der Waals surface area contributed by atoms with Crippen LogP contribution in [-0.2, 0) is 6.42 Å². The minimum Gasteiger partial charge on any atom is -0.369 e. The van der Waals surface area contributed by atoms with E-state index in [9.17, 15) is 9.18 Å². The van der Waals surface area contributed by atoms with Crippen molar-refractivity contribution in [1.29, 1.82) is 0 Å². The van der Waals surface area contributed by atoms with Crippen LogP contribution in [-0.4, -0.2) is 47.6 Å². The van der Waals surface area contributed by atoms with Gasteiger partial charge in [0.05, 0.1) is 5.69 Å². The van der Waals surface area contributed by atoms with E-state index in [2.05, 4.69) is 44.0 Å². The second-order valence-electron chi connectivity index (χ2n) is 6.85. The molecule has 1 aliphatic rings. The third-order valence-electron chi connectivity index (χ3n) is 5.11. The van der Waals surface area contributed by atoms with E-state index in [1.165, 1.54) is 17.8 Å². The van der Waals surface area contributed by atoms with Gasteiger partial charge in [-0.15, -0.1) is 0 Å². The average molecular weight is 366 g/mol. The molecule has 0 saturated carbocycles. The monoisotopic (exact) mass is 366 g/mol. The Morgan fingerprint density at radius 1 is 0.889 bits per heavy atom. The number of nitrogens with one attached hydrogen (secondary N) is 2. The van der Waals surface area contributed by atoms with Crippen molar-refractivity contribution in [3.63, 3.8) is 0 Å². The molecule has 6 heteroatoms. The van der Waals surface area contributed by atoms with Crippen LogP contribution in [0.5, 0.6) is 0 Å². The van der Waals surface area contributed by atoms with Crippen LogP contribution in [0.3, 0.4) is 0 Å². The molecule has 2 aromatic carbocycles. The number of halogens is 1. The molecule has 2 heterocycles. The molecule has 0 unspecified atom stereocenters. The van der Waals surface area contributed by atoms with E-state index in [0.29, 0.717) is 0 Å². The minimum atomic E-state index is -0.283. The number of benzene rings is 2. The number of hydrogen-bond acceptors (Lipinski definition) is 3. The first-order chi connectivity index (χ1) is 13.2. The van der Waals surface area contributed by atoms with Crippen molar-refractivity contribution in [2.24, 2.45) is 0 Å². The fourth-order valence-electron chi connectivity index (χ4n) is 3.61. The highest BCUT2D eigenvalue weighted by Crippen LogP contribution is 2.21. The molecule has 140 valence electrons. The van der Waals surface area contributed by atoms with Crippen LogP contribution < -0.4 is 10.6 Å². The van der Waals surface area contributed by atoms with Gasteiger partial charge in [-0.3, -0.25) is 4.90 Å². The lowest BCUT2D eigenvalue weighted by Crippen LogP contribution is -2.47. The van der Waals surface area contributed by atoms with Gasteiger partial charge in [0.2, 0.25) is 0 Å². The van der Waals surface area contributed by atoms with E-state index < -0.39 is 0 Å². The Bertz CT molecular complexity index is 925. The molecule has 0 atom stereocenters. The van der Waals surface area contributed by atoms with Gasteiger partial charge in [-0.05, 0) is 36.4 Å². The van der Waals surface area contributed by atoms with E-state index >= 15 is 0 Å². The van der Waals surface area contributed by atoms with Crippen LogP contribution in [0.15, 0.2) is 59.4 Å². The Balaban J connectivity index is 1.37. The average Bonchev–Trinajstić information content (AvgIpc) is 3.08. The minimum absolute atomic E-state index is 0.224. The highest BCUT2D eigenvalue weighted by atomic mass is 19.1. The molecule has 0 bridgehead atoms. The van der Waals surface area contributed by atoms with E-state index in [0.717, 1.165) is 56.1 Å². The largest absolute Gasteiger partial charge is 0.369 e. The van der Waals surface area contributed by atoms with Crippen LogP contribution in [0.1, 0.15) is 5.69 Å². The Hall–Kier alpha value is -2.86. The molecule has 1 fully saturated rings. The predicted molar refractivity (Wildman–Crippen MR) is 106 cm³/mol. The second kappa shape index (κ2) is 7.80. The number of rotatable bonds is 5. The molecule has 1 aromatic heterocycles. The summed E-state index contributed by atoms with van der Waals surface area (Å²) in [6.07, 6.45) is 0.747. The van der Waals surface area contributed by atoms with E-state index in [1.54, 1.807) is 12.1 Å². The first-order valence-electron chi connectivity index (χ1n) is 9.28. The number of nitrogens with zero attached hydrogens (tertiary/aromatic N) is 2. The molecule has 5 nitrogen and oxygen atoms in total. The summed E-state index contributed by atoms with van der Waals surface area (Å²) in [6, 6.07) is 16.7. The quantitative estimate of drug-likeness (QED) is 0.730. The van der Waals surface area contributed by atoms with Crippen LogP contribution in [0.4, 0.5) is 10.1 Å². The summed E-state index contributed by atoms with van der Waals surface area (Å²) in [6.45, 7) is 4.87. The summed E-state index contributed by atoms with van der Waals surface area (Å²) in [5, 5.41) is 0. The highest BCUT2D eigenvalue weighted by Gasteiger charge is 2.18. The van der Waals surface area contributed by atoms with Crippen molar-refractivity contribution < 1.29 is 4.39 Å². The summed E-state index contributed by atoms with van der Waals surface area (Å²) in [7, 11) is 0. The van der Waals surface area contributed by atoms with Gasteiger partial charge in [-0.1, -0.05) is 18.2 Å². The summed E-state index contributed by atoms with van der Waals surface area (Å²) in [5.74, 6) is -0.283. The van der Waals surface area contributed by atoms with Crippen LogP contribution >= 0.6 is 0 Å². The molecule has 4 rings (SSSR count). The van der Waals surface area contributed by atoms with Gasteiger partial charge in [0.15, 0.2) is 0 Å². The number of piperazine rings is 1. The summed E-state index contributed by atoms with van der Waals surface area (Å²) in [4.78, 5) is 22.3. The van der Waals surface area contributed by atoms with Gasteiger partial charge in [-0.25, -0.2) is 9.18 Å². The first-order valence-corrected chi connectivity index (χ1v) is 9.28. The van der Waals surface area contributed by atoms with Crippen LogP contribution in [0, 0.1) is 5.82 Å². The van der Waals surface area contributed by atoms with Crippen molar-refractivity contribution in [2.75, 3.05) is 37.6 Å². The molecule has 3 aromatic rings. The van der Waals surface area contributed by atoms with Gasteiger partial charge in [0.1, 0.15) is 5.82 Å². The van der Waals surface area contributed by atoms with Crippen molar-refractivity contribution in [2.45, 2.75) is 6.42 Å². The maximum absolute atomic E-state index is 13.2. The maximum Gasteiger partial charge on any atom is 0.323 e. The van der Waals surface area contributed by atoms with Gasteiger partial charge >= 0.3 is 5.69 Å². The zero-order valence-corrected chi connectivity index (χ0v) is 15.1. The Labute approximate surface area is 157 Å². The van der Waals surface area contributed by atoms with Gasteiger partial charge in [-0.2, -0.15) is 0 Å². The summed E-state index contributed by atoms with van der Waals surface area (Å²) in [5.41, 5.74) is 3.49. The fourth-order valence-corrected chi connectivity index (χ4v) is 3.61. The third kappa shape index (κ3) is 4.11. The molecular weight excluding hydrogens is 343 g/mol. The van der Waals surface area contributed by atoms with Crippen molar-refractivity contribution >= 4 is 5.69 Å². The Morgan fingerprint density at radius 2 is 1.59 bits per heavy atom. The summed E-state index contributed by atoms with van der Waals surface area (Å²) >= 11 is 0. The number of imidazole rings is 1. The lowest BCUT2D eigenvalue weighted by atomic mass is 10.1. The number of H-pyrrole nitrogens is 2. The maximum atomic E-state index is 13.2. The number of para-hydroxylation sites is 1. The number of aromatic nitrogens is 2. The number of aromatic amines is 2. The first kappa shape index (κ1) is 17.5. The Morgan fingerprint density at radius 3 is 2.30 bits per heavy atom. The molecule has 0 spiro atoms. The molecule has 2 N–H and O–H groups in total. The molecule has 0 amide bonds. The predicted octanol–water partition coefficient (Wildman–Crippen LogP) is 2.87. The number of hydrogen-bond donors (Lipinski definition) is 2. The molecule has 0 radical (unpaired) electrons. The Kier molecular flexibility index (Phi) is 5.07. The van der Waals surface area contributed by atoms with Gasteiger partial charge in [0, 0.05) is 56.1 Å². The van der Waals surface area contributed by atoms with Crippen LogP contribution in [0.25, 0.3) is 11.3 Å². The zero-order chi connectivity index (χ0) is 18.6. The zero-order valence-electron chi connectivity index (χ0n) is 15.1. The summed E-state index contributed by atoms with van der Waals surface area (Å²) < 4.78 is 13.2. The fraction of sp³-hybridized carbons (Fsp3) is 0.286. The highest BCUT2D eigenvalue weighted by molar-refractivity contribution is 5.61. The third-order valence-corrected chi connectivity index (χ3v) is 5.11. The molecule has 1 saturated heterocycles. The van der Waals surface area contributed by atoms with Crippen LogP contribution in [0.2, 0.25) is 0 Å². The van der Waals surface area contributed by atoms with Crippen molar-refractivity contribution in [3.8, 4) is 11.3 Å². The molecular formula is C21H23FN4O. The SMILES string of the molecule is O=c1[nH]c(CCN2CCN(c3ccccc3)CC2)c(-c2ccc(F)cc2)[nH]1. The lowest BCUT2D eigenvalue weighted by molar-refractivity contribution is 0.260. The topological polar surface area (TPSA) is 55.1 Å². The normalized spacial score (nSPS) is 15.2. The van der Waals surface area contributed by atoms with E-state index in [1.807, 2.05) is 6.07 Å². The van der Waals surface area contributed by atoms with Crippen molar-refractivity contribution in [3.05, 3.63) is 76.6 Å². The second-order valence-corrected chi connectivity index (χ2v) is 6.85. The standard InChI is InChI=1S/C21H23FN4O/c22-17-8-6-16(7-9-17)20-19(23-21(27)24-20)10-11-25-12-14-26(15-13-25)18-4-2-1-3-5-18/h1-9H,10-15H2,(H2,23,24,27). The number of anilines is 1. The molecule has 1 aliphatic heterocycles. The van der Waals surface area contributed by atoms with Gasteiger partial charge < -0.3 is 14.9 Å². The molecule has 0 aliphatic carbocycles. The van der Waals surface area contributed by atoms with Gasteiger partial charge in [0.25, 0.3) is 0 Å². The lowest BCUT2D eigenvalue weighted by Gasteiger charge is -2.36. The van der Waals surface area contributed by atoms with Crippen molar-refractivity contribution in [1.82, 2.24) is 14.9 Å². The van der Waals surface area contributed by atoms with E-state index in [-0.39, 0.29) is 11.5 Å². The molecule has 27 heavy (non-hydrogen) atoms. The smallest absolute Gasteiger partial charge is 0.323 e.